The summed E-state index contributed by atoms with van der Waals surface area (Å²) >= 11 is 0. The van der Waals surface area contributed by atoms with E-state index in [0.29, 0.717) is 12.4 Å². The molecule has 1 unspecified atom stereocenters. The molecule has 0 saturated heterocycles. The maximum absolute atomic E-state index is 11.3. The van der Waals surface area contributed by atoms with Crippen LogP contribution in [0.4, 0.5) is 0 Å². The average Bonchev–Trinajstić information content (AvgIpc) is 2.03. The van der Waals surface area contributed by atoms with Gasteiger partial charge in [0.2, 0.25) is 0 Å². The molecule has 0 N–H and O–H groups in total. The Morgan fingerprint density at radius 3 is 2.83 bits per heavy atom. The van der Waals surface area contributed by atoms with Gasteiger partial charge < -0.3 is 4.74 Å². The molecule has 2 heteroatoms. The monoisotopic (exact) mass is 170 g/mol. The van der Waals surface area contributed by atoms with Crippen LogP contribution in [-0.2, 0) is 9.53 Å². The van der Waals surface area contributed by atoms with Crippen LogP contribution in [0.15, 0.2) is 0 Å². The highest BCUT2D eigenvalue weighted by Gasteiger charge is 2.22. The van der Waals surface area contributed by atoms with Crippen LogP contribution in [0.1, 0.15) is 39.5 Å². The molecule has 0 aromatic rings. The number of ether oxygens (including phenoxy) is 1. The maximum atomic E-state index is 11.3. The van der Waals surface area contributed by atoms with Gasteiger partial charge in [-0.2, -0.15) is 0 Å². The molecule has 0 aromatic carbocycles. The van der Waals surface area contributed by atoms with Crippen molar-refractivity contribution in [3.05, 3.63) is 0 Å². The molecule has 0 radical (unpaired) electrons. The highest BCUT2D eigenvalue weighted by atomic mass is 16.5. The Kier molecular flexibility index (Phi) is 3.73. The van der Waals surface area contributed by atoms with E-state index in [1.807, 2.05) is 13.8 Å². The Balaban J connectivity index is 2.25. The molecule has 0 heterocycles. The van der Waals surface area contributed by atoms with Gasteiger partial charge in [0.05, 0.1) is 12.7 Å². The summed E-state index contributed by atoms with van der Waals surface area (Å²) in [7, 11) is 0. The zero-order valence-corrected chi connectivity index (χ0v) is 8.01. The Bertz CT molecular complexity index is 152. The minimum atomic E-state index is 0.196. The molecule has 1 aliphatic carbocycles. The van der Waals surface area contributed by atoms with Crippen LogP contribution in [0.25, 0.3) is 0 Å². The number of rotatable bonds is 3. The van der Waals surface area contributed by atoms with E-state index in [2.05, 4.69) is 0 Å². The third-order valence-corrected chi connectivity index (χ3v) is 2.31. The fourth-order valence-electron chi connectivity index (χ4n) is 1.54. The van der Waals surface area contributed by atoms with Crippen molar-refractivity contribution in [2.75, 3.05) is 6.61 Å². The lowest BCUT2D eigenvalue weighted by Gasteiger charge is -2.21. The smallest absolute Gasteiger partial charge is 0.138 e. The second kappa shape index (κ2) is 4.61. The molecule has 0 bridgehead atoms. The highest BCUT2D eigenvalue weighted by Crippen LogP contribution is 2.20. The quantitative estimate of drug-likeness (QED) is 0.649. The van der Waals surface area contributed by atoms with Crippen molar-refractivity contribution in [1.29, 1.82) is 0 Å². The first kappa shape index (κ1) is 9.72. The van der Waals surface area contributed by atoms with E-state index in [-0.39, 0.29) is 12.0 Å². The van der Waals surface area contributed by atoms with Gasteiger partial charge in [-0.15, -0.1) is 0 Å². The first-order chi connectivity index (χ1) is 5.70. The lowest BCUT2D eigenvalue weighted by Crippen LogP contribution is -2.25. The second-order valence-electron chi connectivity index (χ2n) is 3.79. The molecule has 0 spiro atoms. The zero-order valence-electron chi connectivity index (χ0n) is 8.01. The minimum absolute atomic E-state index is 0.196. The lowest BCUT2D eigenvalue weighted by molar-refractivity contribution is -0.127. The molecule has 0 aliphatic heterocycles. The van der Waals surface area contributed by atoms with Crippen LogP contribution >= 0.6 is 0 Å². The van der Waals surface area contributed by atoms with Crippen molar-refractivity contribution in [3.8, 4) is 0 Å². The summed E-state index contributed by atoms with van der Waals surface area (Å²) in [6, 6.07) is 0. The van der Waals surface area contributed by atoms with E-state index in [1.54, 1.807) is 0 Å². The van der Waals surface area contributed by atoms with Gasteiger partial charge in [-0.3, -0.25) is 4.79 Å². The van der Waals surface area contributed by atoms with Crippen LogP contribution in [0.5, 0.6) is 0 Å². The van der Waals surface area contributed by atoms with Crippen LogP contribution in [0.2, 0.25) is 0 Å². The molecular formula is C10H18O2. The molecule has 0 amide bonds. The summed E-state index contributed by atoms with van der Waals surface area (Å²) in [5, 5.41) is 0. The predicted octanol–water partition coefficient (Wildman–Crippen LogP) is 2.17. The molecular weight excluding hydrogens is 152 g/mol. The minimum Gasteiger partial charge on any atom is -0.378 e. The van der Waals surface area contributed by atoms with Crippen LogP contribution in [0, 0.1) is 5.92 Å². The average molecular weight is 170 g/mol. The molecule has 1 atom stereocenters. The van der Waals surface area contributed by atoms with Crippen molar-refractivity contribution in [2.45, 2.75) is 45.6 Å². The number of hydrogen-bond acceptors (Lipinski definition) is 2. The number of Topliss-reactive ketones (excluding diaryl/α,β-unsaturated/α-hetero) is 1. The summed E-state index contributed by atoms with van der Waals surface area (Å²) in [6.07, 6.45) is 4.33. The first-order valence-corrected chi connectivity index (χ1v) is 4.84. The maximum Gasteiger partial charge on any atom is 0.138 e. The summed E-state index contributed by atoms with van der Waals surface area (Å²) in [4.78, 5) is 11.3. The molecule has 0 aromatic heterocycles. The standard InChI is InChI=1S/C10H18O2/c1-8(2)12-7-9-5-3-4-6-10(9)11/h8-9H,3-7H2,1-2H3. The van der Waals surface area contributed by atoms with E-state index >= 15 is 0 Å². The van der Waals surface area contributed by atoms with E-state index in [9.17, 15) is 4.79 Å². The number of carbonyl (C=O) groups is 1. The fourth-order valence-corrected chi connectivity index (χ4v) is 1.54. The van der Waals surface area contributed by atoms with Gasteiger partial charge in [0, 0.05) is 12.3 Å². The molecule has 1 rings (SSSR count). The van der Waals surface area contributed by atoms with Crippen LogP contribution in [0.3, 0.4) is 0 Å². The van der Waals surface area contributed by atoms with Crippen molar-refractivity contribution in [1.82, 2.24) is 0 Å². The number of ketones is 1. The van der Waals surface area contributed by atoms with E-state index < -0.39 is 0 Å². The first-order valence-electron chi connectivity index (χ1n) is 4.84. The fraction of sp³-hybridized carbons (Fsp3) is 0.900. The largest absolute Gasteiger partial charge is 0.378 e. The normalized spacial score (nSPS) is 24.9. The molecule has 1 fully saturated rings. The van der Waals surface area contributed by atoms with Gasteiger partial charge in [-0.05, 0) is 26.7 Å². The van der Waals surface area contributed by atoms with Crippen LogP contribution < -0.4 is 0 Å². The van der Waals surface area contributed by atoms with E-state index in [1.165, 1.54) is 6.42 Å². The van der Waals surface area contributed by atoms with Gasteiger partial charge in [0.25, 0.3) is 0 Å². The second-order valence-corrected chi connectivity index (χ2v) is 3.79. The SMILES string of the molecule is CC(C)OCC1CCCCC1=O. The Morgan fingerprint density at radius 1 is 1.50 bits per heavy atom. The summed E-state index contributed by atoms with van der Waals surface area (Å²) < 4.78 is 5.43. The van der Waals surface area contributed by atoms with Gasteiger partial charge in [0.1, 0.15) is 5.78 Å². The van der Waals surface area contributed by atoms with Gasteiger partial charge in [-0.1, -0.05) is 6.42 Å². The van der Waals surface area contributed by atoms with E-state index in [0.717, 1.165) is 19.3 Å². The van der Waals surface area contributed by atoms with Gasteiger partial charge in [-0.25, -0.2) is 0 Å². The van der Waals surface area contributed by atoms with Crippen molar-refractivity contribution < 1.29 is 9.53 Å². The predicted molar refractivity (Wildman–Crippen MR) is 48.1 cm³/mol. The summed E-state index contributed by atoms with van der Waals surface area (Å²) in [5.74, 6) is 0.600. The van der Waals surface area contributed by atoms with Gasteiger partial charge in [0.15, 0.2) is 0 Å². The third-order valence-electron chi connectivity index (χ3n) is 2.31. The van der Waals surface area contributed by atoms with E-state index in [4.69, 9.17) is 4.74 Å². The molecule has 1 saturated carbocycles. The third kappa shape index (κ3) is 2.94. The topological polar surface area (TPSA) is 26.3 Å². The van der Waals surface area contributed by atoms with Crippen molar-refractivity contribution >= 4 is 5.78 Å². The van der Waals surface area contributed by atoms with Gasteiger partial charge >= 0.3 is 0 Å². The molecule has 12 heavy (non-hydrogen) atoms. The highest BCUT2D eigenvalue weighted by molar-refractivity contribution is 5.81. The number of carbonyl (C=O) groups excluding carboxylic acids is 1. The summed E-state index contributed by atoms with van der Waals surface area (Å²) in [5.41, 5.74) is 0. The Morgan fingerprint density at radius 2 is 2.25 bits per heavy atom. The summed E-state index contributed by atoms with van der Waals surface area (Å²) in [6.45, 7) is 4.65. The molecule has 70 valence electrons. The Hall–Kier alpha value is -0.370. The molecule has 1 aliphatic rings. The Labute approximate surface area is 74.3 Å². The zero-order chi connectivity index (χ0) is 8.97. The van der Waals surface area contributed by atoms with Crippen LogP contribution in [-0.4, -0.2) is 18.5 Å². The van der Waals surface area contributed by atoms with Crippen molar-refractivity contribution in [2.24, 2.45) is 5.92 Å². The molecule has 2 nitrogen and oxygen atoms in total. The van der Waals surface area contributed by atoms with Crippen molar-refractivity contribution in [3.63, 3.8) is 0 Å². The number of hydrogen-bond donors (Lipinski definition) is 0. The lowest BCUT2D eigenvalue weighted by atomic mass is 9.89.